The fourth-order valence-electron chi connectivity index (χ4n) is 2.32. The Kier molecular flexibility index (Phi) is 3.28. The molecule has 1 saturated carbocycles. The van der Waals surface area contributed by atoms with E-state index in [4.69, 9.17) is 0 Å². The van der Waals surface area contributed by atoms with Crippen LogP contribution in [0.4, 0.5) is 0 Å². The maximum Gasteiger partial charge on any atom is 0.140 e. The number of rotatable bonds is 3. The second kappa shape index (κ2) is 4.53. The molecule has 0 radical (unpaired) electrons. The molecular formula is C12H22N4. The predicted octanol–water partition coefficient (Wildman–Crippen LogP) is 1.87. The summed E-state index contributed by atoms with van der Waals surface area (Å²) < 4.78 is 1.83. The topological polar surface area (TPSA) is 42.7 Å². The van der Waals surface area contributed by atoms with E-state index in [1.54, 1.807) is 6.33 Å². The van der Waals surface area contributed by atoms with Gasteiger partial charge in [-0.05, 0) is 31.1 Å². The lowest BCUT2D eigenvalue weighted by Gasteiger charge is -2.34. The smallest absolute Gasteiger partial charge is 0.140 e. The summed E-state index contributed by atoms with van der Waals surface area (Å²) in [5, 5.41) is 7.65. The van der Waals surface area contributed by atoms with Crippen LogP contribution < -0.4 is 5.32 Å². The van der Waals surface area contributed by atoms with E-state index in [1.165, 1.54) is 25.7 Å². The van der Waals surface area contributed by atoms with Crippen molar-refractivity contribution >= 4 is 0 Å². The van der Waals surface area contributed by atoms with Crippen LogP contribution in [0.1, 0.15) is 45.4 Å². The minimum Gasteiger partial charge on any atom is -0.307 e. The average molecular weight is 222 g/mol. The van der Waals surface area contributed by atoms with Crippen molar-refractivity contribution in [3.63, 3.8) is 0 Å². The Hall–Kier alpha value is -0.900. The predicted molar refractivity (Wildman–Crippen MR) is 63.9 cm³/mol. The summed E-state index contributed by atoms with van der Waals surface area (Å²) in [6, 6.07) is 0.657. The van der Waals surface area contributed by atoms with Crippen LogP contribution >= 0.6 is 0 Å². The molecule has 1 aromatic rings. The molecule has 1 heterocycles. The van der Waals surface area contributed by atoms with E-state index in [1.807, 2.05) is 11.7 Å². The Morgan fingerprint density at radius 1 is 1.44 bits per heavy atom. The Morgan fingerprint density at radius 3 is 2.69 bits per heavy atom. The van der Waals surface area contributed by atoms with Crippen LogP contribution in [0.2, 0.25) is 0 Å². The summed E-state index contributed by atoms with van der Waals surface area (Å²) >= 11 is 0. The average Bonchev–Trinajstić information content (AvgIpc) is 2.63. The van der Waals surface area contributed by atoms with Gasteiger partial charge in [0.25, 0.3) is 0 Å². The molecule has 0 spiro atoms. The molecule has 0 saturated heterocycles. The Bertz CT molecular complexity index is 333. The highest BCUT2D eigenvalue weighted by Crippen LogP contribution is 2.34. The Balaban J connectivity index is 1.78. The van der Waals surface area contributed by atoms with Crippen molar-refractivity contribution < 1.29 is 0 Å². The van der Waals surface area contributed by atoms with Crippen LogP contribution in [0.15, 0.2) is 6.33 Å². The van der Waals surface area contributed by atoms with Gasteiger partial charge in [0.15, 0.2) is 0 Å². The second-order valence-electron chi connectivity index (χ2n) is 5.62. The van der Waals surface area contributed by atoms with Crippen molar-refractivity contribution in [3.8, 4) is 0 Å². The van der Waals surface area contributed by atoms with Crippen LogP contribution in [-0.4, -0.2) is 20.8 Å². The first-order valence-corrected chi connectivity index (χ1v) is 6.13. The summed E-state index contributed by atoms with van der Waals surface area (Å²) in [6.45, 7) is 5.57. The molecule has 0 atom stereocenters. The van der Waals surface area contributed by atoms with Gasteiger partial charge in [0.2, 0.25) is 0 Å². The molecule has 0 bridgehead atoms. The molecule has 1 aromatic heterocycles. The quantitative estimate of drug-likeness (QED) is 0.849. The van der Waals surface area contributed by atoms with E-state index >= 15 is 0 Å². The highest BCUT2D eigenvalue weighted by atomic mass is 15.3. The van der Waals surface area contributed by atoms with Gasteiger partial charge in [-0.3, -0.25) is 4.68 Å². The zero-order valence-electron chi connectivity index (χ0n) is 10.5. The SMILES string of the molecule is Cn1ncnc1CNC1CCC(C)(C)CC1. The lowest BCUT2D eigenvalue weighted by Crippen LogP contribution is -2.35. The molecule has 1 fully saturated rings. The normalized spacial score (nSPS) is 21.2. The van der Waals surface area contributed by atoms with Crippen LogP contribution in [0.3, 0.4) is 0 Å². The summed E-state index contributed by atoms with van der Waals surface area (Å²) in [4.78, 5) is 4.22. The third kappa shape index (κ3) is 2.82. The van der Waals surface area contributed by atoms with Crippen molar-refractivity contribution in [2.75, 3.05) is 0 Å². The molecule has 1 N–H and O–H groups in total. The molecule has 0 unspecified atom stereocenters. The second-order valence-corrected chi connectivity index (χ2v) is 5.62. The molecule has 4 nitrogen and oxygen atoms in total. The maximum atomic E-state index is 4.22. The van der Waals surface area contributed by atoms with Gasteiger partial charge < -0.3 is 5.32 Å². The van der Waals surface area contributed by atoms with Crippen molar-refractivity contribution in [2.45, 2.75) is 52.1 Å². The van der Waals surface area contributed by atoms with Gasteiger partial charge in [-0.25, -0.2) is 4.98 Å². The Morgan fingerprint density at radius 2 is 2.12 bits per heavy atom. The fraction of sp³-hybridized carbons (Fsp3) is 0.833. The van der Waals surface area contributed by atoms with Gasteiger partial charge in [-0.2, -0.15) is 5.10 Å². The largest absolute Gasteiger partial charge is 0.307 e. The van der Waals surface area contributed by atoms with Crippen molar-refractivity contribution in [3.05, 3.63) is 12.2 Å². The number of hydrogen-bond acceptors (Lipinski definition) is 3. The van der Waals surface area contributed by atoms with Gasteiger partial charge in [-0.15, -0.1) is 0 Å². The molecule has 0 aromatic carbocycles. The molecule has 90 valence electrons. The molecular weight excluding hydrogens is 200 g/mol. The molecule has 2 rings (SSSR count). The van der Waals surface area contributed by atoms with Crippen molar-refractivity contribution in [1.29, 1.82) is 0 Å². The van der Waals surface area contributed by atoms with Crippen LogP contribution in [0.25, 0.3) is 0 Å². The van der Waals surface area contributed by atoms with E-state index in [-0.39, 0.29) is 0 Å². The lowest BCUT2D eigenvalue weighted by molar-refractivity contribution is 0.205. The molecule has 1 aliphatic carbocycles. The first-order chi connectivity index (χ1) is 7.57. The molecule has 1 aliphatic rings. The van der Waals surface area contributed by atoms with E-state index in [0.29, 0.717) is 11.5 Å². The van der Waals surface area contributed by atoms with Crippen molar-refractivity contribution in [2.24, 2.45) is 12.5 Å². The minimum atomic E-state index is 0.545. The first-order valence-electron chi connectivity index (χ1n) is 6.13. The monoisotopic (exact) mass is 222 g/mol. The highest BCUT2D eigenvalue weighted by molar-refractivity contribution is 4.86. The maximum absolute atomic E-state index is 4.22. The molecule has 16 heavy (non-hydrogen) atoms. The van der Waals surface area contributed by atoms with Gasteiger partial charge >= 0.3 is 0 Å². The van der Waals surface area contributed by atoms with Crippen LogP contribution in [0, 0.1) is 5.41 Å². The summed E-state index contributed by atoms with van der Waals surface area (Å²) in [5.74, 6) is 1.02. The molecule has 0 aliphatic heterocycles. The summed E-state index contributed by atoms with van der Waals surface area (Å²) in [5.41, 5.74) is 0.545. The zero-order chi connectivity index (χ0) is 11.6. The third-order valence-electron chi connectivity index (χ3n) is 3.69. The van der Waals surface area contributed by atoms with E-state index in [9.17, 15) is 0 Å². The summed E-state index contributed by atoms with van der Waals surface area (Å²) in [7, 11) is 1.94. The summed E-state index contributed by atoms with van der Waals surface area (Å²) in [6.07, 6.45) is 6.82. The van der Waals surface area contributed by atoms with E-state index in [2.05, 4.69) is 29.2 Å². The standard InChI is InChI=1S/C12H22N4/c1-12(2)6-4-10(5-7-12)13-8-11-14-9-15-16(11)3/h9-10,13H,4-8H2,1-3H3. The highest BCUT2D eigenvalue weighted by Gasteiger charge is 2.26. The third-order valence-corrected chi connectivity index (χ3v) is 3.69. The van der Waals surface area contributed by atoms with E-state index < -0.39 is 0 Å². The number of aromatic nitrogens is 3. The minimum absolute atomic E-state index is 0.545. The fourth-order valence-corrected chi connectivity index (χ4v) is 2.32. The molecule has 4 heteroatoms. The van der Waals surface area contributed by atoms with E-state index in [0.717, 1.165) is 12.4 Å². The first kappa shape index (κ1) is 11.6. The number of nitrogens with one attached hydrogen (secondary N) is 1. The van der Waals surface area contributed by atoms with Crippen LogP contribution in [-0.2, 0) is 13.6 Å². The zero-order valence-corrected chi connectivity index (χ0v) is 10.5. The van der Waals surface area contributed by atoms with Crippen molar-refractivity contribution in [1.82, 2.24) is 20.1 Å². The lowest BCUT2D eigenvalue weighted by atomic mass is 9.75. The van der Waals surface area contributed by atoms with Gasteiger partial charge in [0.05, 0.1) is 6.54 Å². The number of nitrogens with zero attached hydrogens (tertiary/aromatic N) is 3. The number of aryl methyl sites for hydroxylation is 1. The Labute approximate surface area is 97.5 Å². The number of hydrogen-bond donors (Lipinski definition) is 1. The van der Waals surface area contributed by atoms with Gasteiger partial charge in [0.1, 0.15) is 12.2 Å². The van der Waals surface area contributed by atoms with Gasteiger partial charge in [0, 0.05) is 13.1 Å². The van der Waals surface area contributed by atoms with Crippen LogP contribution in [0.5, 0.6) is 0 Å². The van der Waals surface area contributed by atoms with Gasteiger partial charge in [-0.1, -0.05) is 13.8 Å². The molecule has 0 amide bonds.